The average Bonchev–Trinajstić information content (AvgIpc) is 3.39. The highest BCUT2D eigenvalue weighted by molar-refractivity contribution is 6.99. The lowest BCUT2D eigenvalue weighted by Crippen LogP contribution is -2.69. The molecule has 3 aliphatic rings. The highest BCUT2D eigenvalue weighted by atomic mass is 15.1. The predicted octanol–water partition coefficient (Wildman–Crippen LogP) is 10.5. The Labute approximate surface area is 385 Å². The Balaban J connectivity index is 0.985. The van der Waals surface area contributed by atoms with Gasteiger partial charge in [-0.3, -0.25) is 4.98 Å². The lowest BCUT2D eigenvalue weighted by molar-refractivity contribution is 0.757. The fourth-order valence-electron chi connectivity index (χ4n) is 12.6. The molecule has 304 valence electrons. The van der Waals surface area contributed by atoms with Crippen LogP contribution in [0.4, 0.5) is 17.1 Å². The summed E-state index contributed by atoms with van der Waals surface area (Å²) in [6.07, 6.45) is 3.79. The zero-order valence-corrected chi connectivity index (χ0v) is 36.1. The molecular formula is C62H40B2N2. The van der Waals surface area contributed by atoms with E-state index in [1.165, 1.54) is 116 Å². The molecule has 0 amide bonds. The smallest absolute Gasteiger partial charge is 0.247 e. The molecule has 2 nitrogen and oxygen atoms in total. The summed E-state index contributed by atoms with van der Waals surface area (Å²) in [6, 6.07) is 86.6. The van der Waals surface area contributed by atoms with E-state index in [1.54, 1.807) is 0 Å². The molecule has 1 aromatic heterocycles. The van der Waals surface area contributed by atoms with Gasteiger partial charge in [0, 0.05) is 29.5 Å². The molecule has 14 rings (SSSR count). The normalized spacial score (nSPS) is 13.8. The fourth-order valence-corrected chi connectivity index (χ4v) is 12.6. The van der Waals surface area contributed by atoms with Crippen LogP contribution in [0.1, 0.15) is 22.3 Å². The van der Waals surface area contributed by atoms with Crippen molar-refractivity contribution in [2.45, 2.75) is 5.41 Å². The number of rotatable bonds is 4. The third-order valence-electron chi connectivity index (χ3n) is 15.0. The molecule has 66 heavy (non-hydrogen) atoms. The van der Waals surface area contributed by atoms with E-state index in [2.05, 4.69) is 240 Å². The van der Waals surface area contributed by atoms with E-state index >= 15 is 0 Å². The van der Waals surface area contributed by atoms with E-state index in [4.69, 9.17) is 0 Å². The maximum atomic E-state index is 4.35. The van der Waals surface area contributed by atoms with Crippen LogP contribution in [0.25, 0.3) is 43.8 Å². The minimum Gasteiger partial charge on any atom is -0.312 e. The first-order chi connectivity index (χ1) is 32.8. The number of hydrogen-bond donors (Lipinski definition) is 0. The number of hydrogen-bond acceptors (Lipinski definition) is 2. The Morgan fingerprint density at radius 3 is 1.35 bits per heavy atom. The summed E-state index contributed by atoms with van der Waals surface area (Å²) in [5.41, 5.74) is 21.5. The molecule has 0 aliphatic carbocycles. The van der Waals surface area contributed by atoms with Crippen LogP contribution >= 0.6 is 0 Å². The summed E-state index contributed by atoms with van der Waals surface area (Å²) in [5.74, 6) is 0. The van der Waals surface area contributed by atoms with Crippen molar-refractivity contribution in [1.82, 2.24) is 4.98 Å². The van der Waals surface area contributed by atoms with Gasteiger partial charge in [-0.1, -0.05) is 216 Å². The van der Waals surface area contributed by atoms with Crippen molar-refractivity contribution in [1.29, 1.82) is 0 Å². The second-order valence-electron chi connectivity index (χ2n) is 18.0. The molecular weight excluding hydrogens is 794 g/mol. The zero-order valence-electron chi connectivity index (χ0n) is 36.1. The van der Waals surface area contributed by atoms with E-state index in [-0.39, 0.29) is 13.4 Å². The van der Waals surface area contributed by atoms with Gasteiger partial charge in [0.05, 0.1) is 5.41 Å². The number of fused-ring (bicyclic) bond motifs is 12. The Hall–Kier alpha value is -8.20. The largest absolute Gasteiger partial charge is 0.312 e. The van der Waals surface area contributed by atoms with Gasteiger partial charge in [0.2, 0.25) is 13.4 Å². The Morgan fingerprint density at radius 2 is 0.773 bits per heavy atom. The van der Waals surface area contributed by atoms with Crippen LogP contribution in [-0.2, 0) is 5.41 Å². The highest BCUT2D eigenvalue weighted by Gasteiger charge is 2.55. The first kappa shape index (κ1) is 37.2. The van der Waals surface area contributed by atoms with Crippen molar-refractivity contribution in [2.75, 3.05) is 4.90 Å². The molecule has 0 unspecified atom stereocenters. The molecule has 0 saturated heterocycles. The molecule has 0 saturated carbocycles. The molecule has 3 aliphatic heterocycles. The van der Waals surface area contributed by atoms with Crippen molar-refractivity contribution in [2.24, 2.45) is 0 Å². The van der Waals surface area contributed by atoms with Crippen molar-refractivity contribution in [3.63, 3.8) is 0 Å². The summed E-state index contributed by atoms with van der Waals surface area (Å²) in [6.45, 7) is 0.121. The molecule has 0 N–H and O–H groups in total. The summed E-state index contributed by atoms with van der Waals surface area (Å²) in [7, 11) is 0. The fraction of sp³-hybridized carbons (Fsp3) is 0.0161. The minimum absolute atomic E-state index is 0.0330. The van der Waals surface area contributed by atoms with Gasteiger partial charge in [0.25, 0.3) is 0 Å². The van der Waals surface area contributed by atoms with Crippen molar-refractivity contribution < 1.29 is 0 Å². The van der Waals surface area contributed by atoms with Crippen molar-refractivity contribution >= 4 is 84.8 Å². The van der Waals surface area contributed by atoms with Crippen LogP contribution in [0.3, 0.4) is 0 Å². The maximum absolute atomic E-state index is 4.35. The Kier molecular flexibility index (Phi) is 8.12. The number of anilines is 3. The van der Waals surface area contributed by atoms with Crippen molar-refractivity contribution in [3.05, 3.63) is 265 Å². The van der Waals surface area contributed by atoms with Crippen LogP contribution in [-0.4, -0.2) is 18.4 Å². The first-order valence-electron chi connectivity index (χ1n) is 23.1. The zero-order chi connectivity index (χ0) is 43.3. The molecule has 0 bridgehead atoms. The average molecular weight is 835 g/mol. The summed E-state index contributed by atoms with van der Waals surface area (Å²) in [4.78, 5) is 6.84. The quantitative estimate of drug-likeness (QED) is 0.130. The minimum atomic E-state index is -0.550. The molecule has 0 fully saturated rings. The van der Waals surface area contributed by atoms with Crippen LogP contribution in [0.2, 0.25) is 0 Å². The van der Waals surface area contributed by atoms with Crippen LogP contribution in [0, 0.1) is 0 Å². The molecule has 0 atom stereocenters. The molecule has 11 aromatic rings. The monoisotopic (exact) mass is 834 g/mol. The van der Waals surface area contributed by atoms with Gasteiger partial charge in [-0.15, -0.1) is 0 Å². The van der Waals surface area contributed by atoms with Gasteiger partial charge in [-0.25, -0.2) is 0 Å². The number of aromatic nitrogens is 1. The Bertz CT molecular complexity index is 3630. The first-order valence-corrected chi connectivity index (χ1v) is 23.1. The predicted molar refractivity (Wildman–Crippen MR) is 279 cm³/mol. The summed E-state index contributed by atoms with van der Waals surface area (Å²) < 4.78 is 0. The van der Waals surface area contributed by atoms with E-state index in [1.807, 2.05) is 12.4 Å². The summed E-state index contributed by atoms with van der Waals surface area (Å²) in [5, 5.41) is 4.99. The van der Waals surface area contributed by atoms with Gasteiger partial charge in [0.1, 0.15) is 0 Å². The topological polar surface area (TPSA) is 16.1 Å². The number of benzene rings is 10. The molecule has 4 heterocycles. The van der Waals surface area contributed by atoms with E-state index in [0.717, 1.165) is 0 Å². The van der Waals surface area contributed by atoms with Gasteiger partial charge in [0.15, 0.2) is 0 Å². The number of para-hydroxylation sites is 2. The second kappa shape index (κ2) is 14.4. The van der Waals surface area contributed by atoms with Crippen LogP contribution in [0.15, 0.2) is 243 Å². The highest BCUT2D eigenvalue weighted by Crippen LogP contribution is 2.50. The van der Waals surface area contributed by atoms with Gasteiger partial charge < -0.3 is 4.90 Å². The molecule has 0 radical (unpaired) electrons. The van der Waals surface area contributed by atoms with E-state index in [0.29, 0.717) is 0 Å². The third kappa shape index (κ3) is 5.07. The standard InChI is InChI=1S/C62H40B2N2/c1-2-17-44(18-3-1)66-57-31-15-14-30-56(57)64-55-29-13-10-25-51(55)62(52-26-16-32-58(66)61(52)64)49-23-8-11-27-53(49)63(54-28-12-9-24-50(54)62)43-35-33-41(34-36-43)59-45-19-4-6-21-47(45)60(42-37-39-65-40-38-42)48-22-7-5-20-46(48)59/h1-40H. The summed E-state index contributed by atoms with van der Waals surface area (Å²) >= 11 is 0. The van der Waals surface area contributed by atoms with Crippen molar-refractivity contribution in [3.8, 4) is 22.3 Å². The van der Waals surface area contributed by atoms with Crippen LogP contribution < -0.4 is 37.7 Å². The van der Waals surface area contributed by atoms with E-state index < -0.39 is 5.41 Å². The third-order valence-corrected chi connectivity index (χ3v) is 15.0. The maximum Gasteiger partial charge on any atom is 0.247 e. The molecule has 10 aromatic carbocycles. The van der Waals surface area contributed by atoms with Gasteiger partial charge in [-0.2, -0.15) is 0 Å². The second-order valence-corrected chi connectivity index (χ2v) is 18.0. The Morgan fingerprint density at radius 1 is 0.333 bits per heavy atom. The lowest BCUT2D eigenvalue weighted by Gasteiger charge is -2.51. The van der Waals surface area contributed by atoms with Gasteiger partial charge >= 0.3 is 0 Å². The van der Waals surface area contributed by atoms with E-state index in [9.17, 15) is 0 Å². The molecule has 1 spiro atoms. The lowest BCUT2D eigenvalue weighted by atomic mass is 9.25. The molecule has 4 heteroatoms. The number of nitrogens with zero attached hydrogens (tertiary/aromatic N) is 2. The SMILES string of the molecule is c1ccc(N2c3ccccc3B3c4ccccc4C4(c5ccccc5B(c5ccc(-c6c7ccccc7c(-c7ccncc7)c7ccccc67)cc5)c5ccccc54)c4cccc2c43)cc1. The van der Waals surface area contributed by atoms with Crippen LogP contribution in [0.5, 0.6) is 0 Å². The van der Waals surface area contributed by atoms with Gasteiger partial charge in [-0.05, 0) is 113 Å². The number of pyridine rings is 1.